The third kappa shape index (κ3) is 3.46. The molecule has 0 aliphatic carbocycles. The number of nitrogens with one attached hydrogen (secondary N) is 2. The van der Waals surface area contributed by atoms with Gasteiger partial charge in [0.15, 0.2) is 0 Å². The Kier molecular flexibility index (Phi) is 4.62. The Bertz CT molecular complexity index is 786. The number of aromatic amines is 1. The Balaban J connectivity index is 1.59. The summed E-state index contributed by atoms with van der Waals surface area (Å²) in [5.41, 5.74) is 2.64. The second-order valence-electron chi connectivity index (χ2n) is 5.77. The van der Waals surface area contributed by atoms with Gasteiger partial charge in [-0.3, -0.25) is 9.59 Å². The van der Waals surface area contributed by atoms with Crippen molar-refractivity contribution in [3.63, 3.8) is 0 Å². The Labute approximate surface area is 140 Å². The molecule has 0 radical (unpaired) electrons. The van der Waals surface area contributed by atoms with Gasteiger partial charge in [-0.15, -0.1) is 0 Å². The van der Waals surface area contributed by atoms with E-state index in [-0.39, 0.29) is 11.8 Å². The number of amides is 2. The normalized spacial score (nSPS) is 14.3. The van der Waals surface area contributed by atoms with Crippen molar-refractivity contribution in [3.8, 4) is 6.07 Å². The van der Waals surface area contributed by atoms with Crippen LogP contribution in [0.25, 0.3) is 0 Å². The molecule has 6 nitrogen and oxygen atoms in total. The number of anilines is 1. The van der Waals surface area contributed by atoms with Crippen molar-refractivity contribution in [2.24, 2.45) is 0 Å². The smallest absolute Gasteiger partial charge is 0.268 e. The summed E-state index contributed by atoms with van der Waals surface area (Å²) in [6.07, 6.45) is 4.11. The molecule has 2 amide bonds. The van der Waals surface area contributed by atoms with E-state index < -0.39 is 0 Å². The van der Waals surface area contributed by atoms with Gasteiger partial charge in [0.1, 0.15) is 11.8 Å². The van der Waals surface area contributed by atoms with Crippen LogP contribution in [0.2, 0.25) is 0 Å². The molecule has 2 N–H and O–H groups in total. The average Bonchev–Trinajstić information content (AvgIpc) is 3.10. The van der Waals surface area contributed by atoms with Crippen molar-refractivity contribution < 1.29 is 9.59 Å². The number of nitrogens with zero attached hydrogens (tertiary/aromatic N) is 2. The number of carbonyl (C=O) groups is 2. The quantitative estimate of drug-likeness (QED) is 0.905. The van der Waals surface area contributed by atoms with E-state index in [2.05, 4.69) is 10.3 Å². The van der Waals surface area contributed by atoms with Crippen molar-refractivity contribution >= 4 is 17.5 Å². The fourth-order valence-corrected chi connectivity index (χ4v) is 2.74. The summed E-state index contributed by atoms with van der Waals surface area (Å²) in [4.78, 5) is 28.5. The van der Waals surface area contributed by atoms with Gasteiger partial charge in [-0.2, -0.15) is 5.26 Å². The maximum Gasteiger partial charge on any atom is 0.268 e. The largest absolute Gasteiger partial charge is 0.356 e. The zero-order valence-corrected chi connectivity index (χ0v) is 13.2. The maximum atomic E-state index is 12.0. The SMILES string of the molecule is N#Cc1c[nH]c(C(=O)NCc2ccc(N3CCCCC3=O)cc2)c1. The molecule has 0 atom stereocenters. The zero-order chi connectivity index (χ0) is 16.9. The number of nitriles is 1. The fraction of sp³-hybridized carbons (Fsp3) is 0.278. The summed E-state index contributed by atoms with van der Waals surface area (Å²) < 4.78 is 0. The second kappa shape index (κ2) is 7.01. The monoisotopic (exact) mass is 322 g/mol. The lowest BCUT2D eigenvalue weighted by molar-refractivity contribution is -0.119. The molecule has 1 aromatic heterocycles. The number of hydrogen-bond donors (Lipinski definition) is 2. The molecule has 2 heterocycles. The molecular formula is C18H18N4O2. The van der Waals surface area contributed by atoms with Gasteiger partial charge in [0, 0.05) is 31.4 Å². The van der Waals surface area contributed by atoms with Gasteiger partial charge < -0.3 is 15.2 Å². The highest BCUT2D eigenvalue weighted by Crippen LogP contribution is 2.21. The molecule has 0 saturated carbocycles. The Morgan fingerprint density at radius 3 is 2.75 bits per heavy atom. The Morgan fingerprint density at radius 2 is 2.08 bits per heavy atom. The number of carbonyl (C=O) groups excluding carboxylic acids is 2. The molecule has 24 heavy (non-hydrogen) atoms. The minimum absolute atomic E-state index is 0.169. The Hall–Kier alpha value is -3.07. The molecule has 1 saturated heterocycles. The summed E-state index contributed by atoms with van der Waals surface area (Å²) in [6.45, 7) is 1.15. The maximum absolute atomic E-state index is 12.0. The number of aromatic nitrogens is 1. The molecule has 1 aliphatic rings. The first-order valence-electron chi connectivity index (χ1n) is 7.93. The summed E-state index contributed by atoms with van der Waals surface area (Å²) in [5, 5.41) is 11.6. The number of rotatable bonds is 4. The Morgan fingerprint density at radius 1 is 1.29 bits per heavy atom. The minimum Gasteiger partial charge on any atom is -0.356 e. The lowest BCUT2D eigenvalue weighted by Crippen LogP contribution is -2.35. The molecule has 6 heteroatoms. The highest BCUT2D eigenvalue weighted by atomic mass is 16.2. The van der Waals surface area contributed by atoms with Gasteiger partial charge in [0.05, 0.1) is 5.56 Å². The topological polar surface area (TPSA) is 89.0 Å². The average molecular weight is 322 g/mol. The van der Waals surface area contributed by atoms with E-state index in [1.165, 1.54) is 12.3 Å². The third-order valence-electron chi connectivity index (χ3n) is 4.08. The van der Waals surface area contributed by atoms with Crippen LogP contribution in [0.3, 0.4) is 0 Å². The first-order valence-corrected chi connectivity index (χ1v) is 7.93. The summed E-state index contributed by atoms with van der Waals surface area (Å²) in [6, 6.07) is 11.1. The van der Waals surface area contributed by atoms with Gasteiger partial charge in [0.25, 0.3) is 5.91 Å². The van der Waals surface area contributed by atoms with Crippen LogP contribution < -0.4 is 10.2 Å². The predicted molar refractivity (Wildman–Crippen MR) is 89.3 cm³/mol. The minimum atomic E-state index is -0.258. The third-order valence-corrected chi connectivity index (χ3v) is 4.08. The molecule has 1 aliphatic heterocycles. The molecule has 0 spiro atoms. The number of hydrogen-bond acceptors (Lipinski definition) is 3. The van der Waals surface area contributed by atoms with Gasteiger partial charge in [-0.25, -0.2) is 0 Å². The van der Waals surface area contributed by atoms with E-state index in [9.17, 15) is 9.59 Å². The molecule has 0 unspecified atom stereocenters. The van der Waals surface area contributed by atoms with E-state index in [1.54, 1.807) is 0 Å². The van der Waals surface area contributed by atoms with E-state index in [0.717, 1.165) is 30.6 Å². The van der Waals surface area contributed by atoms with Crippen LogP contribution in [0.1, 0.15) is 40.9 Å². The lowest BCUT2D eigenvalue weighted by atomic mass is 10.1. The summed E-state index contributed by atoms with van der Waals surface area (Å²) in [7, 11) is 0. The van der Waals surface area contributed by atoms with Crippen LogP contribution in [0.5, 0.6) is 0 Å². The standard InChI is InChI=1S/C18H18N4O2/c19-10-14-9-16(20-12-14)18(24)21-11-13-4-6-15(7-5-13)22-8-2-1-3-17(22)23/h4-7,9,12,20H,1-3,8,11H2,(H,21,24). The van der Waals surface area contributed by atoms with Crippen LogP contribution in [0, 0.1) is 11.3 Å². The van der Waals surface area contributed by atoms with Gasteiger partial charge in [0.2, 0.25) is 5.91 Å². The van der Waals surface area contributed by atoms with Gasteiger partial charge >= 0.3 is 0 Å². The van der Waals surface area contributed by atoms with Crippen molar-refractivity contribution in [1.29, 1.82) is 5.26 Å². The van der Waals surface area contributed by atoms with Crippen LogP contribution in [-0.4, -0.2) is 23.3 Å². The summed E-state index contributed by atoms with van der Waals surface area (Å²) >= 11 is 0. The highest BCUT2D eigenvalue weighted by Gasteiger charge is 2.19. The van der Waals surface area contributed by atoms with Crippen LogP contribution >= 0.6 is 0 Å². The van der Waals surface area contributed by atoms with E-state index in [1.807, 2.05) is 35.2 Å². The van der Waals surface area contributed by atoms with Gasteiger partial charge in [-0.1, -0.05) is 12.1 Å². The highest BCUT2D eigenvalue weighted by molar-refractivity contribution is 5.94. The first-order chi connectivity index (χ1) is 11.7. The molecule has 1 aromatic carbocycles. The van der Waals surface area contributed by atoms with Crippen LogP contribution in [-0.2, 0) is 11.3 Å². The van der Waals surface area contributed by atoms with E-state index >= 15 is 0 Å². The number of benzene rings is 1. The van der Waals surface area contributed by atoms with Crippen molar-refractivity contribution in [2.45, 2.75) is 25.8 Å². The van der Waals surface area contributed by atoms with Crippen molar-refractivity contribution in [1.82, 2.24) is 10.3 Å². The van der Waals surface area contributed by atoms with Gasteiger partial charge in [-0.05, 0) is 36.6 Å². The molecule has 122 valence electrons. The molecular weight excluding hydrogens is 304 g/mol. The van der Waals surface area contributed by atoms with E-state index in [4.69, 9.17) is 5.26 Å². The van der Waals surface area contributed by atoms with Crippen LogP contribution in [0.15, 0.2) is 36.5 Å². The van der Waals surface area contributed by atoms with Crippen molar-refractivity contribution in [2.75, 3.05) is 11.4 Å². The molecule has 3 rings (SSSR count). The molecule has 0 bridgehead atoms. The zero-order valence-electron chi connectivity index (χ0n) is 13.2. The first kappa shape index (κ1) is 15.8. The molecule has 2 aromatic rings. The predicted octanol–water partition coefficient (Wildman–Crippen LogP) is 2.33. The van der Waals surface area contributed by atoms with Crippen molar-refractivity contribution in [3.05, 3.63) is 53.3 Å². The number of piperidine rings is 1. The second-order valence-corrected chi connectivity index (χ2v) is 5.77. The fourth-order valence-electron chi connectivity index (χ4n) is 2.74. The van der Waals surface area contributed by atoms with E-state index in [0.29, 0.717) is 24.2 Å². The summed E-state index contributed by atoms with van der Waals surface area (Å²) in [5.74, 6) is -0.0888. The molecule has 1 fully saturated rings. The van der Waals surface area contributed by atoms with Crippen LogP contribution in [0.4, 0.5) is 5.69 Å². The number of H-pyrrole nitrogens is 1. The lowest BCUT2D eigenvalue weighted by Gasteiger charge is -2.26.